The Hall–Kier alpha value is -2.88. The number of nitrogens with one attached hydrogen (secondary N) is 1. The highest BCUT2D eigenvalue weighted by Gasteiger charge is 2.34. The Bertz CT molecular complexity index is 940. The van der Waals surface area contributed by atoms with E-state index in [1.54, 1.807) is 0 Å². The van der Waals surface area contributed by atoms with Crippen LogP contribution in [-0.2, 0) is 12.8 Å². The molecule has 0 atom stereocenters. The fraction of sp³-hybridized carbons (Fsp3) is 0.273. The summed E-state index contributed by atoms with van der Waals surface area (Å²) in [6, 6.07) is 14.5. The molecule has 4 heteroatoms. The highest BCUT2D eigenvalue weighted by Crippen LogP contribution is 2.40. The maximum absolute atomic E-state index is 9.70. The van der Waals surface area contributed by atoms with Crippen molar-refractivity contribution in [2.24, 2.45) is 10.6 Å². The minimum atomic E-state index is 0.0684. The molecule has 0 bridgehead atoms. The number of benzene rings is 1. The van der Waals surface area contributed by atoms with Gasteiger partial charge in [0, 0.05) is 41.3 Å². The first-order valence-electron chi connectivity index (χ1n) is 8.97. The molecule has 0 amide bonds. The molecular formula is C22H23N3O. The molecule has 1 aliphatic rings. The Labute approximate surface area is 153 Å². The van der Waals surface area contributed by atoms with Gasteiger partial charge in [-0.05, 0) is 41.5 Å². The molecule has 0 radical (unpaired) electrons. The number of aromatic nitrogens is 2. The molecule has 1 aliphatic carbocycles. The lowest BCUT2D eigenvalue weighted by molar-refractivity contribution is 0.306. The van der Waals surface area contributed by atoms with Crippen LogP contribution in [0.15, 0.2) is 60.0 Å². The van der Waals surface area contributed by atoms with Crippen LogP contribution in [0.4, 0.5) is 0 Å². The van der Waals surface area contributed by atoms with Gasteiger partial charge in [0.25, 0.3) is 0 Å². The van der Waals surface area contributed by atoms with Gasteiger partial charge in [0.05, 0.1) is 5.71 Å². The minimum absolute atomic E-state index is 0.0684. The van der Waals surface area contributed by atoms with Gasteiger partial charge in [0.15, 0.2) is 0 Å². The number of aromatic amines is 1. The highest BCUT2D eigenvalue weighted by molar-refractivity contribution is 6.05. The van der Waals surface area contributed by atoms with Gasteiger partial charge in [-0.1, -0.05) is 49.3 Å². The first kappa shape index (κ1) is 16.6. The van der Waals surface area contributed by atoms with E-state index in [0.29, 0.717) is 0 Å². The quantitative estimate of drug-likeness (QED) is 0.528. The zero-order chi connectivity index (χ0) is 18.1. The van der Waals surface area contributed by atoms with Gasteiger partial charge < -0.3 is 10.2 Å². The van der Waals surface area contributed by atoms with Gasteiger partial charge in [-0.2, -0.15) is 0 Å². The van der Waals surface area contributed by atoms with Gasteiger partial charge in [0.1, 0.15) is 0 Å². The van der Waals surface area contributed by atoms with Crippen LogP contribution in [0.1, 0.15) is 42.7 Å². The van der Waals surface area contributed by atoms with Gasteiger partial charge in [0.2, 0.25) is 0 Å². The van der Waals surface area contributed by atoms with Crippen molar-refractivity contribution in [3.63, 3.8) is 0 Å². The smallest absolute Gasteiger partial charge is 0.0894 e. The van der Waals surface area contributed by atoms with E-state index in [2.05, 4.69) is 53.2 Å². The number of pyridine rings is 1. The summed E-state index contributed by atoms with van der Waals surface area (Å²) in [5, 5.41) is 13.4. The highest BCUT2D eigenvalue weighted by atomic mass is 16.4. The van der Waals surface area contributed by atoms with Crippen LogP contribution in [-0.4, -0.2) is 20.9 Å². The van der Waals surface area contributed by atoms with E-state index in [-0.39, 0.29) is 5.41 Å². The normalized spacial score (nSPS) is 17.2. The van der Waals surface area contributed by atoms with Crippen LogP contribution in [0.25, 0.3) is 11.3 Å². The summed E-state index contributed by atoms with van der Waals surface area (Å²) in [7, 11) is 0. The summed E-state index contributed by atoms with van der Waals surface area (Å²) in [6.45, 7) is 4.43. The van der Waals surface area contributed by atoms with E-state index in [1.165, 1.54) is 11.1 Å². The monoisotopic (exact) mass is 345 g/mol. The molecule has 2 heterocycles. The van der Waals surface area contributed by atoms with Crippen LogP contribution in [0.3, 0.4) is 0 Å². The first-order chi connectivity index (χ1) is 12.6. The maximum atomic E-state index is 9.70. The fourth-order valence-corrected chi connectivity index (χ4v) is 3.99. The molecule has 4 rings (SSSR count). The number of fused-ring (bicyclic) bond motifs is 1. The van der Waals surface area contributed by atoms with E-state index < -0.39 is 0 Å². The second-order valence-electron chi connectivity index (χ2n) is 7.79. The van der Waals surface area contributed by atoms with Gasteiger partial charge in [-0.3, -0.25) is 4.98 Å². The van der Waals surface area contributed by atoms with Crippen molar-refractivity contribution >= 4 is 5.71 Å². The van der Waals surface area contributed by atoms with Gasteiger partial charge in [-0.25, -0.2) is 0 Å². The van der Waals surface area contributed by atoms with Crippen molar-refractivity contribution in [3.8, 4) is 11.3 Å². The second kappa shape index (κ2) is 6.45. The summed E-state index contributed by atoms with van der Waals surface area (Å²) in [5.41, 5.74) is 7.73. The largest absolute Gasteiger partial charge is 0.411 e. The summed E-state index contributed by atoms with van der Waals surface area (Å²) >= 11 is 0. The molecule has 132 valence electrons. The van der Waals surface area contributed by atoms with Crippen molar-refractivity contribution < 1.29 is 5.21 Å². The lowest BCUT2D eigenvalue weighted by Gasteiger charge is -2.30. The van der Waals surface area contributed by atoms with E-state index in [1.807, 2.05) is 30.6 Å². The van der Waals surface area contributed by atoms with Gasteiger partial charge >= 0.3 is 0 Å². The molecule has 0 unspecified atom stereocenters. The average Bonchev–Trinajstić information content (AvgIpc) is 2.99. The van der Waals surface area contributed by atoms with Crippen molar-refractivity contribution in [1.29, 1.82) is 0 Å². The fourth-order valence-electron chi connectivity index (χ4n) is 3.99. The molecule has 3 aromatic rings. The van der Waals surface area contributed by atoms with Crippen LogP contribution < -0.4 is 0 Å². The second-order valence-corrected chi connectivity index (χ2v) is 7.79. The van der Waals surface area contributed by atoms with E-state index >= 15 is 0 Å². The third-order valence-corrected chi connectivity index (χ3v) is 5.08. The minimum Gasteiger partial charge on any atom is -0.411 e. The van der Waals surface area contributed by atoms with Crippen LogP contribution >= 0.6 is 0 Å². The molecule has 0 saturated carbocycles. The molecule has 2 N–H and O–H groups in total. The standard InChI is InChI=1S/C22H23N3O/c1-22(2)13-18-20(19(14-22)25-26)17(12-15-6-4-3-5-7-15)21(24-18)16-8-10-23-11-9-16/h3-11,24,26H,12-14H2,1-2H3/b25-19+. The van der Waals surface area contributed by atoms with Gasteiger partial charge in [-0.15, -0.1) is 0 Å². The number of H-pyrrole nitrogens is 1. The molecule has 4 nitrogen and oxygen atoms in total. The lowest BCUT2D eigenvalue weighted by Crippen LogP contribution is -2.27. The van der Waals surface area contributed by atoms with E-state index in [4.69, 9.17) is 0 Å². The van der Waals surface area contributed by atoms with Crippen molar-refractivity contribution in [3.05, 3.63) is 77.2 Å². The zero-order valence-electron chi connectivity index (χ0n) is 15.2. The first-order valence-corrected chi connectivity index (χ1v) is 8.97. The molecule has 0 aliphatic heterocycles. The number of rotatable bonds is 3. The van der Waals surface area contributed by atoms with Crippen molar-refractivity contribution in [1.82, 2.24) is 9.97 Å². The third-order valence-electron chi connectivity index (χ3n) is 5.08. The van der Waals surface area contributed by atoms with Crippen LogP contribution in [0.2, 0.25) is 0 Å². The number of hydrogen-bond acceptors (Lipinski definition) is 3. The Morgan fingerprint density at radius 3 is 2.50 bits per heavy atom. The number of oxime groups is 1. The van der Waals surface area contributed by atoms with Crippen LogP contribution in [0.5, 0.6) is 0 Å². The van der Waals surface area contributed by atoms with Crippen molar-refractivity contribution in [2.75, 3.05) is 0 Å². The zero-order valence-corrected chi connectivity index (χ0v) is 15.2. The Morgan fingerprint density at radius 1 is 1.08 bits per heavy atom. The summed E-state index contributed by atoms with van der Waals surface area (Å²) in [4.78, 5) is 7.78. The lowest BCUT2D eigenvalue weighted by atomic mass is 9.74. The molecule has 0 spiro atoms. The average molecular weight is 345 g/mol. The topological polar surface area (TPSA) is 61.3 Å². The molecule has 1 aromatic carbocycles. The number of nitrogens with zero attached hydrogens (tertiary/aromatic N) is 2. The molecule has 26 heavy (non-hydrogen) atoms. The predicted octanol–water partition coefficient (Wildman–Crippen LogP) is 4.82. The van der Waals surface area contributed by atoms with E-state index in [9.17, 15) is 5.21 Å². The molecular weight excluding hydrogens is 322 g/mol. The summed E-state index contributed by atoms with van der Waals surface area (Å²) in [5.74, 6) is 0. The SMILES string of the molecule is CC1(C)C/C(=N\O)c2c([nH]c(-c3ccncc3)c2Cc2ccccc2)C1. The molecule has 2 aromatic heterocycles. The predicted molar refractivity (Wildman–Crippen MR) is 104 cm³/mol. The molecule has 0 fully saturated rings. The molecule has 0 saturated heterocycles. The van der Waals surface area contributed by atoms with E-state index in [0.717, 1.165) is 47.5 Å². The third kappa shape index (κ3) is 3.03. The summed E-state index contributed by atoms with van der Waals surface area (Å²) in [6.07, 6.45) is 6.13. The van der Waals surface area contributed by atoms with Crippen LogP contribution in [0, 0.1) is 5.41 Å². The van der Waals surface area contributed by atoms with Crippen molar-refractivity contribution in [2.45, 2.75) is 33.1 Å². The number of hydrogen-bond donors (Lipinski definition) is 2. The Kier molecular flexibility index (Phi) is 4.11. The Balaban J connectivity index is 1.91. The summed E-state index contributed by atoms with van der Waals surface area (Å²) < 4.78 is 0. The maximum Gasteiger partial charge on any atom is 0.0894 e. The Morgan fingerprint density at radius 2 is 1.81 bits per heavy atom.